The zero-order chi connectivity index (χ0) is 12.1. The van der Waals surface area contributed by atoms with Gasteiger partial charge in [-0.2, -0.15) is 0 Å². The van der Waals surface area contributed by atoms with Crippen molar-refractivity contribution in [2.24, 2.45) is 0 Å². The maximum Gasteiger partial charge on any atom is 0.336 e. The van der Waals surface area contributed by atoms with E-state index in [0.717, 1.165) is 44.7 Å². The normalized spacial score (nSPS) is 17.6. The summed E-state index contributed by atoms with van der Waals surface area (Å²) in [5, 5.41) is 12.5. The molecule has 92 valence electrons. The fraction of sp³-hybridized carbons (Fsp3) is 0.462. The Hall–Kier alpha value is -1.39. The molecular weight excluding hydrogens is 216 g/mol. The monoisotopic (exact) mass is 234 g/mol. The summed E-state index contributed by atoms with van der Waals surface area (Å²) in [6, 6.07) is 7.25. The molecule has 0 bridgehead atoms. The van der Waals surface area contributed by atoms with Crippen LogP contribution in [0.1, 0.15) is 22.3 Å². The number of hydrogen-bond acceptors (Lipinski definition) is 3. The smallest absolute Gasteiger partial charge is 0.336 e. The van der Waals surface area contributed by atoms with E-state index in [1.165, 1.54) is 0 Å². The summed E-state index contributed by atoms with van der Waals surface area (Å²) < 4.78 is 0. The van der Waals surface area contributed by atoms with Gasteiger partial charge in [-0.3, -0.25) is 4.90 Å². The highest BCUT2D eigenvalue weighted by atomic mass is 16.4. The maximum atomic E-state index is 11.1. The molecule has 0 spiro atoms. The number of hydrogen-bond donors (Lipinski definition) is 2. The van der Waals surface area contributed by atoms with Gasteiger partial charge in [-0.25, -0.2) is 4.79 Å². The van der Waals surface area contributed by atoms with E-state index < -0.39 is 5.97 Å². The largest absolute Gasteiger partial charge is 0.478 e. The molecule has 4 nitrogen and oxygen atoms in total. The third kappa shape index (κ3) is 3.28. The molecule has 17 heavy (non-hydrogen) atoms. The molecule has 0 atom stereocenters. The Bertz CT molecular complexity index is 385. The van der Waals surface area contributed by atoms with Crippen molar-refractivity contribution in [2.75, 3.05) is 26.2 Å². The molecule has 0 saturated carbocycles. The molecule has 0 unspecified atom stereocenters. The van der Waals surface area contributed by atoms with Crippen LogP contribution in [0.5, 0.6) is 0 Å². The van der Waals surface area contributed by atoms with Crippen molar-refractivity contribution in [3.63, 3.8) is 0 Å². The Morgan fingerprint density at radius 2 is 2.12 bits per heavy atom. The highest BCUT2D eigenvalue weighted by Crippen LogP contribution is 2.12. The minimum atomic E-state index is -0.839. The number of nitrogens with zero attached hydrogens (tertiary/aromatic N) is 1. The minimum absolute atomic E-state index is 0.421. The number of nitrogens with one attached hydrogen (secondary N) is 1. The fourth-order valence-electron chi connectivity index (χ4n) is 2.17. The molecule has 0 radical (unpaired) electrons. The summed E-state index contributed by atoms with van der Waals surface area (Å²) in [5.74, 6) is -0.839. The summed E-state index contributed by atoms with van der Waals surface area (Å²) in [7, 11) is 0. The van der Waals surface area contributed by atoms with Gasteiger partial charge < -0.3 is 10.4 Å². The third-order valence-corrected chi connectivity index (χ3v) is 3.07. The average Bonchev–Trinajstić information content (AvgIpc) is 2.58. The summed E-state index contributed by atoms with van der Waals surface area (Å²) in [5.41, 5.74) is 1.33. The minimum Gasteiger partial charge on any atom is -0.478 e. The molecule has 2 N–H and O–H groups in total. The molecule has 1 saturated heterocycles. The van der Waals surface area contributed by atoms with E-state index in [4.69, 9.17) is 5.11 Å². The van der Waals surface area contributed by atoms with Crippen LogP contribution < -0.4 is 5.32 Å². The van der Waals surface area contributed by atoms with E-state index in [9.17, 15) is 4.79 Å². The van der Waals surface area contributed by atoms with Crippen LogP contribution in [-0.2, 0) is 6.54 Å². The first-order chi connectivity index (χ1) is 8.27. The lowest BCUT2D eigenvalue weighted by molar-refractivity contribution is 0.0694. The second-order valence-electron chi connectivity index (χ2n) is 4.34. The molecule has 1 fully saturated rings. The van der Waals surface area contributed by atoms with Crippen molar-refractivity contribution in [3.05, 3.63) is 35.4 Å². The first-order valence-corrected chi connectivity index (χ1v) is 6.01. The first-order valence-electron chi connectivity index (χ1n) is 6.01. The lowest BCUT2D eigenvalue weighted by Crippen LogP contribution is -2.28. The van der Waals surface area contributed by atoms with E-state index in [2.05, 4.69) is 10.2 Å². The maximum absolute atomic E-state index is 11.1. The third-order valence-electron chi connectivity index (χ3n) is 3.07. The van der Waals surface area contributed by atoms with E-state index in [1.807, 2.05) is 12.1 Å². The van der Waals surface area contributed by atoms with Crippen molar-refractivity contribution in [1.29, 1.82) is 0 Å². The molecule has 0 aliphatic carbocycles. The van der Waals surface area contributed by atoms with Gasteiger partial charge in [-0.1, -0.05) is 18.2 Å². The van der Waals surface area contributed by atoms with Gasteiger partial charge in [0.05, 0.1) is 5.56 Å². The second kappa shape index (κ2) is 5.80. The number of carbonyl (C=O) groups is 1. The van der Waals surface area contributed by atoms with Gasteiger partial charge in [0.15, 0.2) is 0 Å². The molecule has 1 heterocycles. The van der Waals surface area contributed by atoms with E-state index >= 15 is 0 Å². The molecule has 4 heteroatoms. The van der Waals surface area contributed by atoms with Gasteiger partial charge in [-0.05, 0) is 31.1 Å². The summed E-state index contributed by atoms with van der Waals surface area (Å²) >= 11 is 0. The van der Waals surface area contributed by atoms with Gasteiger partial charge in [0, 0.05) is 19.6 Å². The Morgan fingerprint density at radius 3 is 2.94 bits per heavy atom. The molecule has 2 rings (SSSR count). The zero-order valence-electron chi connectivity index (χ0n) is 9.85. The van der Waals surface area contributed by atoms with Crippen molar-refractivity contribution < 1.29 is 9.90 Å². The summed E-state index contributed by atoms with van der Waals surface area (Å²) in [6.07, 6.45) is 1.12. The van der Waals surface area contributed by atoms with E-state index in [1.54, 1.807) is 12.1 Å². The van der Waals surface area contributed by atoms with E-state index in [-0.39, 0.29) is 0 Å². The predicted octanol–water partition coefficient (Wildman–Crippen LogP) is 1.18. The number of carboxylic acid groups (broad SMARTS) is 1. The van der Waals surface area contributed by atoms with Crippen LogP contribution >= 0.6 is 0 Å². The first kappa shape index (κ1) is 12.1. The number of rotatable bonds is 3. The summed E-state index contributed by atoms with van der Waals surface area (Å²) in [4.78, 5) is 13.4. The fourth-order valence-corrected chi connectivity index (χ4v) is 2.17. The molecule has 0 aromatic heterocycles. The lowest BCUT2D eigenvalue weighted by Gasteiger charge is -2.20. The lowest BCUT2D eigenvalue weighted by atomic mass is 10.1. The zero-order valence-corrected chi connectivity index (χ0v) is 9.85. The van der Waals surface area contributed by atoms with Crippen LogP contribution in [0.3, 0.4) is 0 Å². The summed E-state index contributed by atoms with van der Waals surface area (Å²) in [6.45, 7) is 4.77. The van der Waals surface area contributed by atoms with E-state index in [0.29, 0.717) is 5.56 Å². The molecule has 1 aromatic rings. The molecule has 0 amide bonds. The average molecular weight is 234 g/mol. The van der Waals surface area contributed by atoms with Gasteiger partial charge in [0.1, 0.15) is 0 Å². The number of benzene rings is 1. The van der Waals surface area contributed by atoms with Crippen LogP contribution in [0.2, 0.25) is 0 Å². The molecular formula is C13H18N2O2. The number of carboxylic acids is 1. The van der Waals surface area contributed by atoms with Crippen molar-refractivity contribution >= 4 is 5.97 Å². The van der Waals surface area contributed by atoms with Crippen LogP contribution in [0, 0.1) is 0 Å². The Balaban J connectivity index is 2.09. The van der Waals surface area contributed by atoms with Crippen molar-refractivity contribution in [1.82, 2.24) is 10.2 Å². The van der Waals surface area contributed by atoms with Gasteiger partial charge in [0.25, 0.3) is 0 Å². The second-order valence-corrected chi connectivity index (χ2v) is 4.34. The van der Waals surface area contributed by atoms with Crippen LogP contribution in [-0.4, -0.2) is 42.2 Å². The predicted molar refractivity (Wildman–Crippen MR) is 66.2 cm³/mol. The standard InChI is InChI=1S/C13H18N2O2/c16-13(17)12-5-2-1-4-11(12)10-15-8-3-6-14-7-9-15/h1-2,4-5,14H,3,6-10H2,(H,16,17). The van der Waals surface area contributed by atoms with Gasteiger partial charge in [-0.15, -0.1) is 0 Å². The Labute approximate surface area is 101 Å². The highest BCUT2D eigenvalue weighted by molar-refractivity contribution is 5.89. The quantitative estimate of drug-likeness (QED) is 0.824. The van der Waals surface area contributed by atoms with Gasteiger partial charge >= 0.3 is 5.97 Å². The van der Waals surface area contributed by atoms with Crippen molar-refractivity contribution in [3.8, 4) is 0 Å². The van der Waals surface area contributed by atoms with Crippen molar-refractivity contribution in [2.45, 2.75) is 13.0 Å². The van der Waals surface area contributed by atoms with Crippen LogP contribution in [0.15, 0.2) is 24.3 Å². The van der Waals surface area contributed by atoms with Gasteiger partial charge in [0.2, 0.25) is 0 Å². The topological polar surface area (TPSA) is 52.6 Å². The van der Waals surface area contributed by atoms with Crippen LogP contribution in [0.4, 0.5) is 0 Å². The molecule has 1 aliphatic heterocycles. The SMILES string of the molecule is O=C(O)c1ccccc1CN1CCCNCC1. The Kier molecular flexibility index (Phi) is 4.12. The van der Waals surface area contributed by atoms with Crippen LogP contribution in [0.25, 0.3) is 0 Å². The molecule has 1 aromatic carbocycles. The highest BCUT2D eigenvalue weighted by Gasteiger charge is 2.13. The Morgan fingerprint density at radius 1 is 1.29 bits per heavy atom. The molecule has 1 aliphatic rings. The number of aromatic carboxylic acids is 1.